The number of anilines is 1. The molecule has 0 aliphatic heterocycles. The molecule has 1 unspecified atom stereocenters. The lowest BCUT2D eigenvalue weighted by molar-refractivity contribution is 0.722. The summed E-state index contributed by atoms with van der Waals surface area (Å²) in [5.41, 5.74) is 4.78. The van der Waals surface area contributed by atoms with Gasteiger partial charge in [0.2, 0.25) is 0 Å². The summed E-state index contributed by atoms with van der Waals surface area (Å²) in [6.45, 7) is 6.31. The summed E-state index contributed by atoms with van der Waals surface area (Å²) < 4.78 is 0. The molecular formula is C17H20N2S. The summed E-state index contributed by atoms with van der Waals surface area (Å²) in [4.78, 5) is 0. The smallest absolute Gasteiger partial charge is 0.171 e. The zero-order valence-electron chi connectivity index (χ0n) is 12.1. The summed E-state index contributed by atoms with van der Waals surface area (Å²) in [5.74, 6) is 0. The molecule has 0 spiro atoms. The Labute approximate surface area is 126 Å². The zero-order valence-corrected chi connectivity index (χ0v) is 12.9. The summed E-state index contributed by atoms with van der Waals surface area (Å²) >= 11 is 5.37. The minimum Gasteiger partial charge on any atom is -0.356 e. The van der Waals surface area contributed by atoms with Crippen molar-refractivity contribution in [1.29, 1.82) is 0 Å². The van der Waals surface area contributed by atoms with Crippen molar-refractivity contribution in [2.75, 3.05) is 5.32 Å². The molecule has 0 amide bonds. The van der Waals surface area contributed by atoms with Gasteiger partial charge in [-0.2, -0.15) is 0 Å². The topological polar surface area (TPSA) is 24.1 Å². The second-order valence-corrected chi connectivity index (χ2v) is 5.44. The number of rotatable bonds is 3. The maximum Gasteiger partial charge on any atom is 0.171 e. The average molecular weight is 284 g/mol. The van der Waals surface area contributed by atoms with Crippen LogP contribution in [0, 0.1) is 13.8 Å². The van der Waals surface area contributed by atoms with E-state index in [2.05, 4.69) is 55.7 Å². The Kier molecular flexibility index (Phi) is 4.74. The predicted octanol–water partition coefficient (Wildman–Crippen LogP) is 4.35. The summed E-state index contributed by atoms with van der Waals surface area (Å²) in [6, 6.07) is 16.7. The minimum absolute atomic E-state index is 0.183. The molecule has 2 nitrogen and oxygen atoms in total. The van der Waals surface area contributed by atoms with Gasteiger partial charge >= 0.3 is 0 Å². The zero-order chi connectivity index (χ0) is 14.5. The van der Waals surface area contributed by atoms with Gasteiger partial charge in [-0.15, -0.1) is 0 Å². The van der Waals surface area contributed by atoms with Crippen LogP contribution in [0.5, 0.6) is 0 Å². The first-order valence-corrected chi connectivity index (χ1v) is 7.17. The summed E-state index contributed by atoms with van der Waals surface area (Å²) in [6.07, 6.45) is 0. The second-order valence-electron chi connectivity index (χ2n) is 5.03. The van der Waals surface area contributed by atoms with E-state index in [0.29, 0.717) is 5.11 Å². The molecule has 0 aliphatic rings. The van der Waals surface area contributed by atoms with E-state index in [1.165, 1.54) is 16.7 Å². The highest BCUT2D eigenvalue weighted by Gasteiger charge is 2.06. The van der Waals surface area contributed by atoms with E-state index in [9.17, 15) is 0 Å². The Morgan fingerprint density at radius 2 is 1.70 bits per heavy atom. The average Bonchev–Trinajstić information content (AvgIpc) is 2.44. The van der Waals surface area contributed by atoms with Gasteiger partial charge in [0.1, 0.15) is 0 Å². The molecule has 0 saturated heterocycles. The van der Waals surface area contributed by atoms with Crippen LogP contribution in [0.25, 0.3) is 0 Å². The Morgan fingerprint density at radius 3 is 2.35 bits per heavy atom. The first-order chi connectivity index (χ1) is 9.56. The molecule has 0 aliphatic carbocycles. The third-order valence-electron chi connectivity index (χ3n) is 3.41. The highest BCUT2D eigenvalue weighted by molar-refractivity contribution is 7.80. The van der Waals surface area contributed by atoms with Crippen molar-refractivity contribution in [3.8, 4) is 0 Å². The van der Waals surface area contributed by atoms with Crippen LogP contribution in [-0.4, -0.2) is 5.11 Å². The van der Waals surface area contributed by atoms with Gasteiger partial charge in [0.05, 0.1) is 6.04 Å². The monoisotopic (exact) mass is 284 g/mol. The molecule has 2 N–H and O–H groups in total. The molecule has 1 atom stereocenters. The molecule has 20 heavy (non-hydrogen) atoms. The van der Waals surface area contributed by atoms with Crippen molar-refractivity contribution >= 4 is 23.0 Å². The number of hydrogen-bond donors (Lipinski definition) is 2. The molecule has 0 saturated carbocycles. The fraction of sp³-hybridized carbons (Fsp3) is 0.235. The first-order valence-electron chi connectivity index (χ1n) is 6.76. The molecule has 0 bridgehead atoms. The highest BCUT2D eigenvalue weighted by Crippen LogP contribution is 2.15. The molecule has 104 valence electrons. The molecule has 0 fully saturated rings. The Hall–Kier alpha value is -1.87. The van der Waals surface area contributed by atoms with Gasteiger partial charge in [-0.05, 0) is 61.8 Å². The van der Waals surface area contributed by atoms with Crippen molar-refractivity contribution < 1.29 is 0 Å². The maximum atomic E-state index is 5.37. The normalized spacial score (nSPS) is 11.8. The van der Waals surface area contributed by atoms with E-state index < -0.39 is 0 Å². The van der Waals surface area contributed by atoms with E-state index in [4.69, 9.17) is 12.2 Å². The minimum atomic E-state index is 0.183. The maximum absolute atomic E-state index is 5.37. The SMILES string of the molecule is Cc1ccc(NC(=S)NC(C)c2ccccc2)cc1C. The number of thiocarbonyl (C=S) groups is 1. The van der Waals surface area contributed by atoms with Crippen molar-refractivity contribution in [2.45, 2.75) is 26.8 Å². The van der Waals surface area contributed by atoms with Gasteiger partial charge in [0.15, 0.2) is 5.11 Å². The van der Waals surface area contributed by atoms with Gasteiger partial charge in [0, 0.05) is 5.69 Å². The highest BCUT2D eigenvalue weighted by atomic mass is 32.1. The quantitative estimate of drug-likeness (QED) is 0.819. The van der Waals surface area contributed by atoms with Gasteiger partial charge < -0.3 is 10.6 Å². The summed E-state index contributed by atoms with van der Waals surface area (Å²) in [5, 5.41) is 7.17. The van der Waals surface area contributed by atoms with Crippen molar-refractivity contribution in [3.05, 3.63) is 65.2 Å². The Morgan fingerprint density at radius 1 is 1.00 bits per heavy atom. The third kappa shape index (κ3) is 3.81. The molecule has 0 radical (unpaired) electrons. The van der Waals surface area contributed by atoms with E-state index in [0.717, 1.165) is 5.69 Å². The van der Waals surface area contributed by atoms with Crippen LogP contribution < -0.4 is 10.6 Å². The predicted molar refractivity (Wildman–Crippen MR) is 90.1 cm³/mol. The van der Waals surface area contributed by atoms with E-state index in [1.54, 1.807) is 0 Å². The van der Waals surface area contributed by atoms with Crippen LogP contribution >= 0.6 is 12.2 Å². The van der Waals surface area contributed by atoms with E-state index in [1.807, 2.05) is 24.3 Å². The first kappa shape index (κ1) is 14.5. The van der Waals surface area contributed by atoms with Crippen LogP contribution in [0.1, 0.15) is 29.7 Å². The molecule has 2 aromatic carbocycles. The van der Waals surface area contributed by atoms with Gasteiger partial charge in [-0.3, -0.25) is 0 Å². The van der Waals surface area contributed by atoms with Gasteiger partial charge in [0.25, 0.3) is 0 Å². The number of hydrogen-bond acceptors (Lipinski definition) is 1. The molecule has 0 aromatic heterocycles. The van der Waals surface area contributed by atoms with Crippen LogP contribution in [0.15, 0.2) is 48.5 Å². The fourth-order valence-corrected chi connectivity index (χ4v) is 2.30. The summed E-state index contributed by atoms with van der Waals surface area (Å²) in [7, 11) is 0. The lowest BCUT2D eigenvalue weighted by Gasteiger charge is -2.17. The van der Waals surface area contributed by atoms with Crippen LogP contribution in [0.2, 0.25) is 0 Å². The molecule has 3 heteroatoms. The lowest BCUT2D eigenvalue weighted by atomic mass is 10.1. The molecule has 2 rings (SSSR count). The van der Waals surface area contributed by atoms with Gasteiger partial charge in [-0.25, -0.2) is 0 Å². The van der Waals surface area contributed by atoms with E-state index >= 15 is 0 Å². The molecule has 0 heterocycles. The second kappa shape index (κ2) is 6.53. The largest absolute Gasteiger partial charge is 0.356 e. The number of aryl methyl sites for hydroxylation is 2. The van der Waals surface area contributed by atoms with Crippen molar-refractivity contribution in [1.82, 2.24) is 5.32 Å². The van der Waals surface area contributed by atoms with E-state index in [-0.39, 0.29) is 6.04 Å². The third-order valence-corrected chi connectivity index (χ3v) is 3.63. The Bertz CT molecular complexity index is 593. The number of benzene rings is 2. The van der Waals surface area contributed by atoms with Crippen molar-refractivity contribution in [2.24, 2.45) is 0 Å². The van der Waals surface area contributed by atoms with Crippen LogP contribution in [0.4, 0.5) is 5.69 Å². The number of nitrogens with one attached hydrogen (secondary N) is 2. The standard InChI is InChI=1S/C17H20N2S/c1-12-9-10-16(11-13(12)2)19-17(20)18-14(3)15-7-5-4-6-8-15/h4-11,14H,1-3H3,(H2,18,19,20). The van der Waals surface area contributed by atoms with Gasteiger partial charge in [-0.1, -0.05) is 36.4 Å². The van der Waals surface area contributed by atoms with Crippen LogP contribution in [0.3, 0.4) is 0 Å². The Balaban J connectivity index is 1.97. The fourth-order valence-electron chi connectivity index (χ4n) is 2.01. The molecular weight excluding hydrogens is 264 g/mol. The lowest BCUT2D eigenvalue weighted by Crippen LogP contribution is -2.30. The molecule has 2 aromatic rings. The van der Waals surface area contributed by atoms with Crippen LogP contribution in [-0.2, 0) is 0 Å². The van der Waals surface area contributed by atoms with Crippen molar-refractivity contribution in [3.63, 3.8) is 0 Å².